The van der Waals surface area contributed by atoms with Gasteiger partial charge in [0.05, 0.1) is 5.60 Å². The van der Waals surface area contributed by atoms with Crippen LogP contribution in [0.4, 0.5) is 0 Å². The van der Waals surface area contributed by atoms with E-state index in [1.807, 2.05) is 11.9 Å². The number of amides is 1. The number of aromatic nitrogens is 4. The van der Waals surface area contributed by atoms with Crippen molar-refractivity contribution in [3.05, 3.63) is 29.7 Å². The van der Waals surface area contributed by atoms with E-state index in [0.29, 0.717) is 30.6 Å². The molecule has 0 aliphatic carbocycles. The lowest BCUT2D eigenvalue weighted by Crippen LogP contribution is -2.51. The Kier molecular flexibility index (Phi) is 5.23. The number of hydrogen-bond acceptors (Lipinski definition) is 6. The molecule has 0 saturated carbocycles. The summed E-state index contributed by atoms with van der Waals surface area (Å²) in [5.74, 6) is 2.26. The van der Waals surface area contributed by atoms with Gasteiger partial charge >= 0.3 is 0 Å². The first-order chi connectivity index (χ1) is 13.4. The Labute approximate surface area is 165 Å². The van der Waals surface area contributed by atoms with E-state index in [4.69, 9.17) is 9.26 Å². The van der Waals surface area contributed by atoms with Crippen molar-refractivity contribution < 1.29 is 14.1 Å². The zero-order valence-electron chi connectivity index (χ0n) is 16.9. The van der Waals surface area contributed by atoms with E-state index < -0.39 is 0 Å². The Bertz CT molecular complexity index is 819. The summed E-state index contributed by atoms with van der Waals surface area (Å²) in [6, 6.07) is 1.77. The number of carbonyl (C=O) groups excluding carboxylic acids is 1. The van der Waals surface area contributed by atoms with Gasteiger partial charge in [0.25, 0.3) is 5.91 Å². The fourth-order valence-electron chi connectivity index (χ4n) is 4.30. The minimum absolute atomic E-state index is 0.0100. The quantitative estimate of drug-likeness (QED) is 0.801. The molecule has 0 N–H and O–H groups in total. The fourth-order valence-corrected chi connectivity index (χ4v) is 4.30. The molecule has 4 heterocycles. The highest BCUT2D eigenvalue weighted by molar-refractivity contribution is 5.92. The number of ether oxygens (including phenoxy) is 1. The molecule has 28 heavy (non-hydrogen) atoms. The van der Waals surface area contributed by atoms with Crippen LogP contribution in [0, 0.1) is 5.92 Å². The second-order valence-electron chi connectivity index (χ2n) is 8.46. The van der Waals surface area contributed by atoms with Gasteiger partial charge in [0.15, 0.2) is 5.82 Å². The van der Waals surface area contributed by atoms with Crippen LogP contribution in [0.25, 0.3) is 0 Å². The van der Waals surface area contributed by atoms with Gasteiger partial charge in [0.2, 0.25) is 5.89 Å². The molecule has 1 amide bonds. The van der Waals surface area contributed by atoms with Crippen molar-refractivity contribution in [2.24, 2.45) is 13.0 Å². The minimum Gasteiger partial charge on any atom is -0.375 e. The molecule has 152 valence electrons. The van der Waals surface area contributed by atoms with E-state index in [1.165, 1.54) is 0 Å². The van der Waals surface area contributed by atoms with Gasteiger partial charge in [-0.3, -0.25) is 9.48 Å². The average Bonchev–Trinajstić information content (AvgIpc) is 3.31. The Morgan fingerprint density at radius 2 is 2.14 bits per heavy atom. The predicted octanol–water partition coefficient (Wildman–Crippen LogP) is 2.57. The van der Waals surface area contributed by atoms with Crippen LogP contribution in [0.15, 0.2) is 16.8 Å². The highest BCUT2D eigenvalue weighted by Gasteiger charge is 2.41. The summed E-state index contributed by atoms with van der Waals surface area (Å²) < 4.78 is 13.2. The Morgan fingerprint density at radius 1 is 1.36 bits per heavy atom. The molecular formula is C20H29N5O3. The topological polar surface area (TPSA) is 86.3 Å². The molecular weight excluding hydrogens is 358 g/mol. The third kappa shape index (κ3) is 3.97. The average molecular weight is 387 g/mol. The molecule has 2 saturated heterocycles. The largest absolute Gasteiger partial charge is 0.375 e. The second-order valence-corrected chi connectivity index (χ2v) is 8.46. The third-order valence-electron chi connectivity index (χ3n) is 5.94. The van der Waals surface area contributed by atoms with Crippen LogP contribution in [0.1, 0.15) is 67.7 Å². The number of rotatable bonds is 4. The Morgan fingerprint density at radius 3 is 2.79 bits per heavy atom. The number of carbonyl (C=O) groups is 1. The summed E-state index contributed by atoms with van der Waals surface area (Å²) in [6.45, 7) is 6.29. The highest BCUT2D eigenvalue weighted by atomic mass is 16.5. The van der Waals surface area contributed by atoms with Gasteiger partial charge in [-0.25, -0.2) is 0 Å². The van der Waals surface area contributed by atoms with Crippen LogP contribution in [-0.2, 0) is 18.2 Å². The number of hydrogen-bond donors (Lipinski definition) is 0. The van der Waals surface area contributed by atoms with Crippen LogP contribution >= 0.6 is 0 Å². The lowest BCUT2D eigenvalue weighted by molar-refractivity contribution is -0.123. The highest BCUT2D eigenvalue weighted by Crippen LogP contribution is 2.38. The number of nitrogens with zero attached hydrogens (tertiary/aromatic N) is 5. The summed E-state index contributed by atoms with van der Waals surface area (Å²) >= 11 is 0. The first-order valence-electron chi connectivity index (χ1n) is 10.2. The maximum absolute atomic E-state index is 12.6. The van der Waals surface area contributed by atoms with Crippen LogP contribution in [0.5, 0.6) is 0 Å². The van der Waals surface area contributed by atoms with Crippen molar-refractivity contribution in [3.8, 4) is 0 Å². The maximum Gasteiger partial charge on any atom is 0.274 e. The van der Waals surface area contributed by atoms with Crippen molar-refractivity contribution in [2.75, 3.05) is 19.7 Å². The SMILES string of the molecule is CC(C)c1nc(CC2CCOC3(CCN(C(=O)c4ccn(C)n4)CC3)C2)no1. The molecule has 2 aliphatic heterocycles. The number of piperidine rings is 1. The molecule has 1 spiro atoms. The van der Waals surface area contributed by atoms with Crippen molar-refractivity contribution in [1.82, 2.24) is 24.8 Å². The minimum atomic E-state index is -0.131. The van der Waals surface area contributed by atoms with Gasteiger partial charge in [0, 0.05) is 45.3 Å². The molecule has 2 fully saturated rings. The van der Waals surface area contributed by atoms with Gasteiger partial charge in [-0.1, -0.05) is 19.0 Å². The van der Waals surface area contributed by atoms with Crippen LogP contribution in [-0.4, -0.2) is 56.0 Å². The standard InChI is InChI=1S/C20H29N5O3/c1-14(2)18-21-17(23-28-18)12-15-5-11-27-20(13-15)6-9-25(10-7-20)19(26)16-4-8-24(3)22-16/h4,8,14-15H,5-7,9-13H2,1-3H3. The van der Waals surface area contributed by atoms with Gasteiger partial charge in [0.1, 0.15) is 5.69 Å². The van der Waals surface area contributed by atoms with Crippen molar-refractivity contribution in [1.29, 1.82) is 0 Å². The summed E-state index contributed by atoms with van der Waals surface area (Å²) in [5, 5.41) is 8.38. The molecule has 2 aliphatic rings. The lowest BCUT2D eigenvalue weighted by Gasteiger charge is -2.46. The molecule has 2 aromatic rings. The lowest BCUT2D eigenvalue weighted by atomic mass is 9.78. The van der Waals surface area contributed by atoms with E-state index in [2.05, 4.69) is 29.1 Å². The van der Waals surface area contributed by atoms with E-state index >= 15 is 0 Å². The molecule has 0 aromatic carbocycles. The van der Waals surface area contributed by atoms with Gasteiger partial charge in [-0.05, 0) is 37.7 Å². The normalized spacial score (nSPS) is 22.1. The maximum atomic E-state index is 12.6. The van der Waals surface area contributed by atoms with E-state index in [1.54, 1.807) is 16.9 Å². The number of likely N-dealkylation sites (tertiary alicyclic amines) is 1. The van der Waals surface area contributed by atoms with E-state index in [9.17, 15) is 4.79 Å². The molecule has 1 unspecified atom stereocenters. The first-order valence-corrected chi connectivity index (χ1v) is 10.2. The Balaban J connectivity index is 1.34. The molecule has 1 atom stereocenters. The van der Waals surface area contributed by atoms with Crippen LogP contribution < -0.4 is 0 Å². The van der Waals surface area contributed by atoms with E-state index in [-0.39, 0.29) is 17.4 Å². The molecule has 8 nitrogen and oxygen atoms in total. The first kappa shape index (κ1) is 19.1. The smallest absolute Gasteiger partial charge is 0.274 e. The zero-order valence-corrected chi connectivity index (χ0v) is 16.9. The summed E-state index contributed by atoms with van der Waals surface area (Å²) in [4.78, 5) is 19.1. The van der Waals surface area contributed by atoms with E-state index in [0.717, 1.165) is 44.5 Å². The molecule has 4 rings (SSSR count). The predicted molar refractivity (Wildman–Crippen MR) is 102 cm³/mol. The second kappa shape index (κ2) is 7.66. The molecule has 0 radical (unpaired) electrons. The third-order valence-corrected chi connectivity index (χ3v) is 5.94. The fraction of sp³-hybridized carbons (Fsp3) is 0.700. The molecule has 8 heteroatoms. The van der Waals surface area contributed by atoms with Crippen molar-refractivity contribution in [2.45, 2.75) is 57.5 Å². The summed E-state index contributed by atoms with van der Waals surface area (Å²) in [7, 11) is 1.83. The monoisotopic (exact) mass is 387 g/mol. The summed E-state index contributed by atoms with van der Waals surface area (Å²) in [6.07, 6.45) is 6.37. The Hall–Kier alpha value is -2.22. The zero-order chi connectivity index (χ0) is 19.7. The summed E-state index contributed by atoms with van der Waals surface area (Å²) in [5.41, 5.74) is 0.382. The van der Waals surface area contributed by atoms with Crippen molar-refractivity contribution >= 4 is 5.91 Å². The van der Waals surface area contributed by atoms with Crippen molar-refractivity contribution in [3.63, 3.8) is 0 Å². The van der Waals surface area contributed by atoms with Crippen LogP contribution in [0.2, 0.25) is 0 Å². The molecule has 0 bridgehead atoms. The van der Waals surface area contributed by atoms with Crippen LogP contribution in [0.3, 0.4) is 0 Å². The molecule has 2 aromatic heterocycles. The number of aryl methyl sites for hydroxylation is 1. The van der Waals surface area contributed by atoms with Gasteiger partial charge in [-0.15, -0.1) is 0 Å². The van der Waals surface area contributed by atoms with Gasteiger partial charge < -0.3 is 14.2 Å². The van der Waals surface area contributed by atoms with Gasteiger partial charge in [-0.2, -0.15) is 10.1 Å².